The molecule has 6 aromatic rings. The number of fused-ring (bicyclic) bond motifs is 1. The Kier molecular flexibility index (Phi) is 10.5. The van der Waals surface area contributed by atoms with Crippen LogP contribution in [0, 0.1) is 35.3 Å². The lowest BCUT2D eigenvalue weighted by Crippen LogP contribution is -2.37. The average molecular weight is 813 g/mol. The van der Waals surface area contributed by atoms with Crippen LogP contribution in [0.5, 0.6) is 11.5 Å². The van der Waals surface area contributed by atoms with Crippen LogP contribution >= 0.6 is 34.4 Å². The highest BCUT2D eigenvalue weighted by atomic mass is 32.1. The SMILES string of the molecule is CC1CCC(C(F)(F)Oc2ccc(-c3ccc(-c4ccc(-c5ccc(-c6ccc(OC(F)(F)C7CCC(C)CC7)cc6F)s5)c5nsnc45)s3)c(F)c2)CC1. The molecule has 0 unspecified atom stereocenters. The molecule has 3 aromatic carbocycles. The third-order valence-electron chi connectivity index (χ3n) is 11.1. The molecule has 2 saturated carbocycles. The molecule has 2 aliphatic carbocycles. The third kappa shape index (κ3) is 7.89. The van der Waals surface area contributed by atoms with Gasteiger partial charge in [0.2, 0.25) is 0 Å². The molecule has 0 saturated heterocycles. The van der Waals surface area contributed by atoms with Gasteiger partial charge in [-0.15, -0.1) is 22.7 Å². The fraction of sp³-hybridized carbons (Fsp3) is 0.381. The predicted octanol–water partition coefficient (Wildman–Crippen LogP) is 14.4. The summed E-state index contributed by atoms with van der Waals surface area (Å²) in [4.78, 5) is 2.86. The second-order valence-corrected chi connectivity index (χ2v) is 17.7. The van der Waals surface area contributed by atoms with E-state index in [4.69, 9.17) is 9.47 Å². The van der Waals surface area contributed by atoms with Gasteiger partial charge in [0.15, 0.2) is 0 Å². The van der Waals surface area contributed by atoms with Crippen molar-refractivity contribution in [3.05, 3.63) is 84.4 Å². The quantitative estimate of drug-likeness (QED) is 0.129. The molecule has 8 rings (SSSR count). The summed E-state index contributed by atoms with van der Waals surface area (Å²) < 4.78 is 110. The van der Waals surface area contributed by atoms with Crippen molar-refractivity contribution in [2.24, 2.45) is 23.7 Å². The zero-order valence-corrected chi connectivity index (χ0v) is 32.5. The van der Waals surface area contributed by atoms with Crippen molar-refractivity contribution < 1.29 is 35.8 Å². The largest absolute Gasteiger partial charge is 0.432 e. The Morgan fingerprint density at radius 1 is 0.509 bits per heavy atom. The third-order valence-corrected chi connectivity index (χ3v) is 13.9. The van der Waals surface area contributed by atoms with E-state index in [1.807, 2.05) is 24.3 Å². The molecule has 3 aromatic heterocycles. The number of aromatic nitrogens is 2. The summed E-state index contributed by atoms with van der Waals surface area (Å²) in [6.07, 6.45) is -2.35. The van der Waals surface area contributed by atoms with E-state index in [-0.39, 0.29) is 22.6 Å². The van der Waals surface area contributed by atoms with Gasteiger partial charge in [0.25, 0.3) is 0 Å². The summed E-state index contributed by atoms with van der Waals surface area (Å²) in [5.41, 5.74) is 3.43. The lowest BCUT2D eigenvalue weighted by Gasteiger charge is -2.32. The molecule has 0 bridgehead atoms. The van der Waals surface area contributed by atoms with Crippen LogP contribution in [0.1, 0.15) is 65.2 Å². The average Bonchev–Trinajstić information content (AvgIpc) is 3.94. The monoisotopic (exact) mass is 812 g/mol. The number of benzene rings is 3. The van der Waals surface area contributed by atoms with Gasteiger partial charge in [-0.25, -0.2) is 8.78 Å². The summed E-state index contributed by atoms with van der Waals surface area (Å²) in [5, 5.41) is 0. The van der Waals surface area contributed by atoms with E-state index in [9.17, 15) is 17.6 Å². The van der Waals surface area contributed by atoms with Crippen LogP contribution in [0.15, 0.2) is 72.8 Å². The minimum atomic E-state index is -3.37. The van der Waals surface area contributed by atoms with Crippen LogP contribution < -0.4 is 9.47 Å². The number of hydrogen-bond donors (Lipinski definition) is 0. The van der Waals surface area contributed by atoms with E-state index in [1.165, 1.54) is 46.9 Å². The second kappa shape index (κ2) is 15.2. The summed E-state index contributed by atoms with van der Waals surface area (Å²) in [5.74, 6) is -2.67. The first-order valence-corrected chi connectivity index (χ1v) is 20.9. The van der Waals surface area contributed by atoms with Gasteiger partial charge in [-0.1, -0.05) is 51.7 Å². The summed E-state index contributed by atoms with van der Waals surface area (Å²) in [6, 6.07) is 18.8. The highest BCUT2D eigenvalue weighted by Crippen LogP contribution is 2.45. The van der Waals surface area contributed by atoms with Crippen molar-refractivity contribution >= 4 is 45.4 Å². The number of thiophene rings is 2. The maximum Gasteiger partial charge on any atom is 0.400 e. The van der Waals surface area contributed by atoms with Crippen LogP contribution in [-0.2, 0) is 0 Å². The van der Waals surface area contributed by atoms with Crippen molar-refractivity contribution in [1.82, 2.24) is 8.75 Å². The van der Waals surface area contributed by atoms with E-state index in [1.54, 1.807) is 12.1 Å². The molecule has 0 atom stereocenters. The number of ether oxygens (including phenoxy) is 2. The van der Waals surface area contributed by atoms with Gasteiger partial charge >= 0.3 is 12.2 Å². The fourth-order valence-electron chi connectivity index (χ4n) is 7.71. The number of alkyl halides is 4. The molecular formula is C42H38F6N2O2S3. The zero-order chi connectivity index (χ0) is 38.5. The van der Waals surface area contributed by atoms with E-state index < -0.39 is 35.7 Å². The number of hydrogen-bond acceptors (Lipinski definition) is 7. The molecule has 0 spiro atoms. The van der Waals surface area contributed by atoms with Gasteiger partial charge in [0.05, 0.1) is 23.6 Å². The van der Waals surface area contributed by atoms with Gasteiger partial charge in [-0.2, -0.15) is 26.3 Å². The molecule has 13 heteroatoms. The van der Waals surface area contributed by atoms with Crippen LogP contribution in [0.3, 0.4) is 0 Å². The number of rotatable bonds is 10. The van der Waals surface area contributed by atoms with Crippen LogP contribution in [-0.4, -0.2) is 21.0 Å². The maximum atomic E-state index is 15.4. The van der Waals surface area contributed by atoms with Crippen LogP contribution in [0.2, 0.25) is 0 Å². The fourth-order valence-corrected chi connectivity index (χ4v) is 10.4. The standard InChI is InChI=1S/C42H38F6N2O2S3/c1-23-3-7-25(8-4-23)41(45,46)51-27-11-13-29(33(43)21-27)35-17-19-37(53-35)31-15-16-32(40-39(31)49-55-50-40)38-20-18-36(54-38)30-14-12-28(22-34(30)44)52-42(47,48)26-9-5-24(2)6-10-26/h11-26H,3-10H2,1-2H3. The first kappa shape index (κ1) is 38.0. The Morgan fingerprint density at radius 3 is 1.22 bits per heavy atom. The lowest BCUT2D eigenvalue weighted by atomic mass is 9.82. The molecule has 4 nitrogen and oxygen atoms in total. The van der Waals surface area contributed by atoms with Crippen molar-refractivity contribution in [1.29, 1.82) is 0 Å². The molecule has 288 valence electrons. The molecule has 55 heavy (non-hydrogen) atoms. The van der Waals surface area contributed by atoms with Gasteiger partial charge in [0, 0.05) is 53.9 Å². The Bertz CT molecular complexity index is 2150. The lowest BCUT2D eigenvalue weighted by molar-refractivity contribution is -0.224. The highest BCUT2D eigenvalue weighted by molar-refractivity contribution is 7.19. The smallest absolute Gasteiger partial charge is 0.400 e. The highest BCUT2D eigenvalue weighted by Gasteiger charge is 2.44. The van der Waals surface area contributed by atoms with Gasteiger partial charge in [-0.05, 0) is 86.1 Å². The van der Waals surface area contributed by atoms with Gasteiger partial charge < -0.3 is 9.47 Å². The molecular weight excluding hydrogens is 775 g/mol. The van der Waals surface area contributed by atoms with Crippen molar-refractivity contribution in [2.45, 2.75) is 77.4 Å². The Labute approximate surface area is 327 Å². The van der Waals surface area contributed by atoms with Crippen LogP contribution in [0.25, 0.3) is 52.8 Å². The zero-order valence-electron chi connectivity index (χ0n) is 30.1. The first-order chi connectivity index (χ1) is 26.3. The van der Waals surface area contributed by atoms with E-state index >= 15 is 8.78 Å². The first-order valence-electron chi connectivity index (χ1n) is 18.5. The number of nitrogens with zero attached hydrogens (tertiary/aromatic N) is 2. The van der Waals surface area contributed by atoms with Crippen molar-refractivity contribution in [2.75, 3.05) is 0 Å². The van der Waals surface area contributed by atoms with Gasteiger partial charge in [-0.3, -0.25) is 0 Å². The molecule has 0 amide bonds. The van der Waals surface area contributed by atoms with Crippen LogP contribution in [0.4, 0.5) is 26.3 Å². The molecule has 0 N–H and O–H groups in total. The molecule has 0 aliphatic heterocycles. The summed E-state index contributed by atoms with van der Waals surface area (Å²) in [6.45, 7) is 4.12. The van der Waals surface area contributed by atoms with Crippen molar-refractivity contribution in [3.63, 3.8) is 0 Å². The molecule has 2 aliphatic rings. The topological polar surface area (TPSA) is 44.2 Å². The minimum Gasteiger partial charge on any atom is -0.432 e. The minimum absolute atomic E-state index is 0.206. The Morgan fingerprint density at radius 2 is 0.855 bits per heavy atom. The van der Waals surface area contributed by atoms with E-state index in [0.717, 1.165) is 70.4 Å². The van der Waals surface area contributed by atoms with Gasteiger partial charge in [0.1, 0.15) is 34.2 Å². The maximum absolute atomic E-state index is 15.4. The van der Waals surface area contributed by atoms with E-state index in [2.05, 4.69) is 22.6 Å². The summed E-state index contributed by atoms with van der Waals surface area (Å²) in [7, 11) is 0. The molecule has 3 heterocycles. The molecule has 2 fully saturated rings. The second-order valence-electron chi connectivity index (χ2n) is 15.0. The Balaban J connectivity index is 0.983. The van der Waals surface area contributed by atoms with Crippen molar-refractivity contribution in [3.8, 4) is 53.3 Å². The summed E-state index contributed by atoms with van der Waals surface area (Å²) >= 11 is 3.74. The van der Waals surface area contributed by atoms with E-state index in [0.29, 0.717) is 58.3 Å². The molecule has 0 radical (unpaired) electrons. The predicted molar refractivity (Wildman–Crippen MR) is 208 cm³/mol. The normalized spacial score (nSPS) is 20.9. The Hall–Kier alpha value is -3.94. The number of halogens is 6.